The van der Waals surface area contributed by atoms with E-state index in [0.29, 0.717) is 22.9 Å². The molecular formula is C23H27ClN4O4. The van der Waals surface area contributed by atoms with Gasteiger partial charge in [0, 0.05) is 18.7 Å². The summed E-state index contributed by atoms with van der Waals surface area (Å²) >= 11 is 6.24. The van der Waals surface area contributed by atoms with Gasteiger partial charge in [-0.2, -0.15) is 0 Å². The van der Waals surface area contributed by atoms with E-state index in [-0.39, 0.29) is 35.6 Å². The number of halogens is 1. The molecule has 0 bridgehead atoms. The van der Waals surface area contributed by atoms with Gasteiger partial charge in [-0.1, -0.05) is 51.4 Å². The number of carbonyl (C=O) groups is 1. The average molecular weight is 459 g/mol. The Balaban J connectivity index is 2.09. The Labute approximate surface area is 190 Å². The molecule has 32 heavy (non-hydrogen) atoms. The maximum absolute atomic E-state index is 13.4. The van der Waals surface area contributed by atoms with Gasteiger partial charge >= 0.3 is 5.69 Å². The summed E-state index contributed by atoms with van der Waals surface area (Å²) in [6, 6.07) is 10.3. The van der Waals surface area contributed by atoms with Crippen LogP contribution in [-0.2, 0) is 6.54 Å². The highest BCUT2D eigenvalue weighted by molar-refractivity contribution is 6.33. The highest BCUT2D eigenvalue weighted by Crippen LogP contribution is 2.30. The van der Waals surface area contributed by atoms with Crippen LogP contribution in [0.1, 0.15) is 38.2 Å². The first-order chi connectivity index (χ1) is 15.1. The zero-order valence-electron chi connectivity index (χ0n) is 18.5. The third-order valence-electron chi connectivity index (χ3n) is 4.78. The number of aromatic amines is 1. The summed E-state index contributed by atoms with van der Waals surface area (Å²) in [6.45, 7) is 8.17. The lowest BCUT2D eigenvalue weighted by Crippen LogP contribution is -2.43. The summed E-state index contributed by atoms with van der Waals surface area (Å²) in [5, 5.41) is 0.487. The Morgan fingerprint density at radius 3 is 2.44 bits per heavy atom. The lowest BCUT2D eigenvalue weighted by molar-refractivity contribution is 0.0957. The van der Waals surface area contributed by atoms with E-state index >= 15 is 0 Å². The summed E-state index contributed by atoms with van der Waals surface area (Å²) in [4.78, 5) is 42.0. The summed E-state index contributed by atoms with van der Waals surface area (Å²) < 4.78 is 7.07. The molecule has 1 aromatic carbocycles. The maximum Gasteiger partial charge on any atom is 0.330 e. The zero-order valence-corrected chi connectivity index (χ0v) is 19.3. The molecule has 3 aromatic rings. The highest BCUT2D eigenvalue weighted by atomic mass is 35.5. The first-order valence-electron chi connectivity index (χ1n) is 10.4. The monoisotopic (exact) mass is 458 g/mol. The van der Waals surface area contributed by atoms with Crippen molar-refractivity contribution in [1.29, 1.82) is 0 Å². The molecule has 0 aliphatic heterocycles. The van der Waals surface area contributed by atoms with Crippen LogP contribution in [0.25, 0.3) is 11.3 Å². The van der Waals surface area contributed by atoms with Crippen LogP contribution >= 0.6 is 11.6 Å². The molecule has 0 saturated carbocycles. The fourth-order valence-electron chi connectivity index (χ4n) is 3.42. The van der Waals surface area contributed by atoms with Gasteiger partial charge in [-0.25, -0.2) is 4.79 Å². The van der Waals surface area contributed by atoms with E-state index in [1.165, 1.54) is 15.5 Å². The number of rotatable bonds is 7. The van der Waals surface area contributed by atoms with Crippen molar-refractivity contribution in [3.63, 3.8) is 0 Å². The maximum atomic E-state index is 13.4. The molecule has 0 aliphatic rings. The molecule has 0 unspecified atom stereocenters. The minimum Gasteiger partial charge on any atom is -0.451 e. The van der Waals surface area contributed by atoms with Crippen LogP contribution in [-0.4, -0.2) is 22.0 Å². The third kappa shape index (κ3) is 4.80. The molecule has 3 N–H and O–H groups in total. The standard InChI is InChI=1S/C23H27ClN4O4/c1-13(2)11-27(19-20(25)28(12-14(3)4)23(31)26-21(19)29)22(30)18-10-9-17(32-18)15-7-5-6-8-16(15)24/h5-10,13-14H,11-12,25H2,1-4H3,(H,26,29,31). The van der Waals surface area contributed by atoms with Crippen LogP contribution in [0.4, 0.5) is 11.5 Å². The molecule has 9 heteroatoms. The van der Waals surface area contributed by atoms with Crippen molar-refractivity contribution < 1.29 is 9.21 Å². The number of hydrogen-bond donors (Lipinski definition) is 2. The van der Waals surface area contributed by atoms with Crippen LogP contribution in [0.2, 0.25) is 5.02 Å². The second-order valence-corrected chi connectivity index (χ2v) is 8.86. The zero-order chi connectivity index (χ0) is 23.6. The SMILES string of the molecule is CC(C)CN(C(=O)c1ccc(-c2ccccc2Cl)o1)c1c(N)n(CC(C)C)c(=O)[nH]c1=O. The van der Waals surface area contributed by atoms with Crippen molar-refractivity contribution in [2.24, 2.45) is 11.8 Å². The largest absolute Gasteiger partial charge is 0.451 e. The Hall–Kier alpha value is -3.26. The number of nitrogens with two attached hydrogens (primary N) is 1. The molecule has 8 nitrogen and oxygen atoms in total. The molecule has 0 atom stereocenters. The van der Waals surface area contributed by atoms with Gasteiger partial charge < -0.3 is 10.2 Å². The molecule has 2 heterocycles. The normalized spacial score (nSPS) is 11.3. The van der Waals surface area contributed by atoms with E-state index in [0.717, 1.165) is 0 Å². The van der Waals surface area contributed by atoms with Crippen molar-refractivity contribution in [2.45, 2.75) is 34.2 Å². The van der Waals surface area contributed by atoms with Crippen LogP contribution < -0.4 is 21.9 Å². The minimum atomic E-state index is -0.723. The molecule has 0 fully saturated rings. The number of benzene rings is 1. The topological polar surface area (TPSA) is 114 Å². The van der Waals surface area contributed by atoms with Crippen LogP contribution in [0.3, 0.4) is 0 Å². The Bertz CT molecular complexity index is 1240. The first-order valence-corrected chi connectivity index (χ1v) is 10.8. The summed E-state index contributed by atoms with van der Waals surface area (Å²) in [5.74, 6) is -0.0214. The molecule has 0 radical (unpaired) electrons. The predicted molar refractivity (Wildman–Crippen MR) is 126 cm³/mol. The third-order valence-corrected chi connectivity index (χ3v) is 5.11. The number of hydrogen-bond acceptors (Lipinski definition) is 5. The summed E-state index contributed by atoms with van der Waals surface area (Å²) in [7, 11) is 0. The number of amides is 1. The van der Waals surface area contributed by atoms with Crippen molar-refractivity contribution in [1.82, 2.24) is 9.55 Å². The number of nitrogen functional groups attached to an aromatic ring is 1. The average Bonchev–Trinajstić information content (AvgIpc) is 3.19. The lowest BCUT2D eigenvalue weighted by Gasteiger charge is -2.25. The Morgan fingerprint density at radius 1 is 1.12 bits per heavy atom. The van der Waals surface area contributed by atoms with Gasteiger partial charge in [0.2, 0.25) is 0 Å². The fourth-order valence-corrected chi connectivity index (χ4v) is 3.65. The van der Waals surface area contributed by atoms with Gasteiger partial charge in [0.25, 0.3) is 11.5 Å². The predicted octanol–water partition coefficient (Wildman–Crippen LogP) is 3.99. The van der Waals surface area contributed by atoms with Crippen LogP contribution in [0, 0.1) is 11.8 Å². The molecule has 1 amide bonds. The Morgan fingerprint density at radius 2 is 1.81 bits per heavy atom. The smallest absolute Gasteiger partial charge is 0.330 e. The first kappa shape index (κ1) is 23.4. The number of nitrogens with one attached hydrogen (secondary N) is 1. The number of aromatic nitrogens is 2. The number of anilines is 2. The van der Waals surface area contributed by atoms with Gasteiger partial charge in [0.05, 0.1) is 5.02 Å². The van der Waals surface area contributed by atoms with E-state index in [1.54, 1.807) is 24.3 Å². The van der Waals surface area contributed by atoms with Crippen LogP contribution in [0.15, 0.2) is 50.4 Å². The molecule has 0 saturated heterocycles. The van der Waals surface area contributed by atoms with Crippen molar-refractivity contribution in [2.75, 3.05) is 17.2 Å². The van der Waals surface area contributed by atoms with E-state index in [9.17, 15) is 14.4 Å². The molecule has 0 aliphatic carbocycles. The van der Waals surface area contributed by atoms with Gasteiger partial charge in [-0.15, -0.1) is 0 Å². The van der Waals surface area contributed by atoms with Gasteiger partial charge in [0.15, 0.2) is 11.4 Å². The molecule has 3 rings (SSSR count). The second kappa shape index (κ2) is 9.48. The van der Waals surface area contributed by atoms with E-state index in [1.807, 2.05) is 33.8 Å². The number of carbonyl (C=O) groups excluding carboxylic acids is 1. The summed E-state index contributed by atoms with van der Waals surface area (Å²) in [6.07, 6.45) is 0. The van der Waals surface area contributed by atoms with E-state index in [4.69, 9.17) is 21.8 Å². The number of furan rings is 1. The molecule has 0 spiro atoms. The minimum absolute atomic E-state index is 0.0150. The van der Waals surface area contributed by atoms with Gasteiger partial charge in [-0.3, -0.25) is 24.0 Å². The van der Waals surface area contributed by atoms with Gasteiger partial charge in [0.1, 0.15) is 11.6 Å². The van der Waals surface area contributed by atoms with E-state index in [2.05, 4.69) is 4.98 Å². The second-order valence-electron chi connectivity index (χ2n) is 8.45. The van der Waals surface area contributed by atoms with Gasteiger partial charge in [-0.05, 0) is 36.1 Å². The van der Waals surface area contributed by atoms with Crippen molar-refractivity contribution in [3.8, 4) is 11.3 Å². The molecular weight excluding hydrogens is 432 g/mol. The van der Waals surface area contributed by atoms with Crippen molar-refractivity contribution in [3.05, 3.63) is 68.0 Å². The van der Waals surface area contributed by atoms with E-state index < -0.39 is 17.2 Å². The quantitative estimate of drug-likeness (QED) is 0.555. The highest BCUT2D eigenvalue weighted by Gasteiger charge is 2.28. The lowest BCUT2D eigenvalue weighted by atomic mass is 10.1. The van der Waals surface area contributed by atoms with Crippen LogP contribution in [0.5, 0.6) is 0 Å². The number of nitrogens with zero attached hydrogens (tertiary/aromatic N) is 2. The molecule has 2 aromatic heterocycles. The van der Waals surface area contributed by atoms with Crippen molar-refractivity contribution >= 4 is 29.0 Å². The Kier molecular flexibility index (Phi) is 6.93. The summed E-state index contributed by atoms with van der Waals surface area (Å²) in [5.41, 5.74) is 5.48. The molecule has 170 valence electrons. The number of H-pyrrole nitrogens is 1. The fraction of sp³-hybridized carbons (Fsp3) is 0.348.